The SMILES string of the molecule is Cc1cc(CN2CCC(n3cc(C#N)cn3)C2)on1. The predicted octanol–water partition coefficient (Wildman–Crippen LogP) is 1.50. The highest BCUT2D eigenvalue weighted by Gasteiger charge is 2.25. The van der Waals surface area contributed by atoms with E-state index in [2.05, 4.69) is 21.2 Å². The Kier molecular flexibility index (Phi) is 3.05. The molecule has 0 N–H and O–H groups in total. The summed E-state index contributed by atoms with van der Waals surface area (Å²) in [6.07, 6.45) is 4.47. The van der Waals surface area contributed by atoms with E-state index in [-0.39, 0.29) is 0 Å². The van der Waals surface area contributed by atoms with E-state index in [1.165, 1.54) is 0 Å². The fourth-order valence-corrected chi connectivity index (χ4v) is 2.48. The molecule has 6 heteroatoms. The van der Waals surface area contributed by atoms with Crippen LogP contribution in [-0.2, 0) is 6.54 Å². The van der Waals surface area contributed by atoms with Gasteiger partial charge in [0.05, 0.1) is 30.0 Å². The lowest BCUT2D eigenvalue weighted by Crippen LogP contribution is -2.21. The summed E-state index contributed by atoms with van der Waals surface area (Å²) in [5, 5.41) is 17.0. The minimum atomic E-state index is 0.339. The molecule has 0 bridgehead atoms. The highest BCUT2D eigenvalue weighted by atomic mass is 16.5. The van der Waals surface area contributed by atoms with Crippen LogP contribution in [0.4, 0.5) is 0 Å². The lowest BCUT2D eigenvalue weighted by atomic mass is 10.3. The van der Waals surface area contributed by atoms with Gasteiger partial charge in [0.2, 0.25) is 0 Å². The molecule has 1 aliphatic heterocycles. The van der Waals surface area contributed by atoms with Crippen molar-refractivity contribution in [2.24, 2.45) is 0 Å². The molecule has 0 spiro atoms. The molecule has 3 rings (SSSR count). The van der Waals surface area contributed by atoms with E-state index in [4.69, 9.17) is 9.78 Å². The third kappa shape index (κ3) is 2.51. The maximum atomic E-state index is 8.81. The van der Waals surface area contributed by atoms with Crippen molar-refractivity contribution in [3.8, 4) is 6.07 Å². The maximum Gasteiger partial charge on any atom is 0.150 e. The van der Waals surface area contributed by atoms with Crippen molar-refractivity contribution >= 4 is 0 Å². The quantitative estimate of drug-likeness (QED) is 0.833. The minimum absolute atomic E-state index is 0.339. The second-order valence-electron chi connectivity index (χ2n) is 4.93. The van der Waals surface area contributed by atoms with Crippen molar-refractivity contribution in [1.29, 1.82) is 5.26 Å². The standard InChI is InChI=1S/C13H15N5O/c1-10-4-13(19-16-10)9-17-3-2-12(8-17)18-7-11(5-14)6-15-18/h4,6-7,12H,2-3,8-9H2,1H3. The molecular formula is C13H15N5O. The summed E-state index contributed by atoms with van der Waals surface area (Å²) in [6, 6.07) is 4.41. The Hall–Kier alpha value is -2.13. The van der Waals surface area contributed by atoms with E-state index in [0.717, 1.165) is 37.5 Å². The first-order valence-corrected chi connectivity index (χ1v) is 6.33. The number of nitrogens with zero attached hydrogens (tertiary/aromatic N) is 5. The second kappa shape index (κ2) is 4.86. The topological polar surface area (TPSA) is 70.9 Å². The molecule has 1 aliphatic rings. The number of aryl methyl sites for hydroxylation is 1. The van der Waals surface area contributed by atoms with Gasteiger partial charge in [0.1, 0.15) is 6.07 Å². The van der Waals surface area contributed by atoms with Gasteiger partial charge in [0, 0.05) is 25.4 Å². The Morgan fingerprint density at radius 3 is 3.16 bits per heavy atom. The highest BCUT2D eigenvalue weighted by Crippen LogP contribution is 2.22. The average Bonchev–Trinajstić information content (AvgIpc) is 3.10. The average molecular weight is 257 g/mol. The van der Waals surface area contributed by atoms with Crippen molar-refractivity contribution in [2.75, 3.05) is 13.1 Å². The van der Waals surface area contributed by atoms with Crippen LogP contribution in [0.15, 0.2) is 23.0 Å². The van der Waals surface area contributed by atoms with Crippen molar-refractivity contribution < 1.29 is 4.52 Å². The van der Waals surface area contributed by atoms with Gasteiger partial charge >= 0.3 is 0 Å². The largest absolute Gasteiger partial charge is 0.360 e. The summed E-state index contributed by atoms with van der Waals surface area (Å²) >= 11 is 0. The molecule has 2 aromatic heterocycles. The fourth-order valence-electron chi connectivity index (χ4n) is 2.48. The van der Waals surface area contributed by atoms with Crippen LogP contribution in [-0.4, -0.2) is 32.9 Å². The van der Waals surface area contributed by atoms with Gasteiger partial charge in [-0.3, -0.25) is 9.58 Å². The first-order valence-electron chi connectivity index (χ1n) is 6.33. The van der Waals surface area contributed by atoms with Crippen molar-refractivity contribution in [3.05, 3.63) is 35.5 Å². The summed E-state index contributed by atoms with van der Waals surface area (Å²) in [4.78, 5) is 2.32. The first kappa shape index (κ1) is 11.9. The van der Waals surface area contributed by atoms with E-state index in [1.807, 2.05) is 23.9 Å². The van der Waals surface area contributed by atoms with E-state index in [9.17, 15) is 0 Å². The molecule has 0 amide bonds. The van der Waals surface area contributed by atoms with Crippen molar-refractivity contribution in [2.45, 2.75) is 25.9 Å². The Balaban J connectivity index is 1.62. The van der Waals surface area contributed by atoms with E-state index in [0.29, 0.717) is 11.6 Å². The Morgan fingerprint density at radius 2 is 2.47 bits per heavy atom. The van der Waals surface area contributed by atoms with Crippen LogP contribution in [0.5, 0.6) is 0 Å². The molecule has 19 heavy (non-hydrogen) atoms. The third-order valence-electron chi connectivity index (χ3n) is 3.41. The summed E-state index contributed by atoms with van der Waals surface area (Å²) in [5.74, 6) is 0.899. The summed E-state index contributed by atoms with van der Waals surface area (Å²) < 4.78 is 7.12. The van der Waals surface area contributed by atoms with Gasteiger partial charge in [-0.2, -0.15) is 10.4 Å². The minimum Gasteiger partial charge on any atom is -0.360 e. The molecule has 2 aromatic rings. The molecule has 1 saturated heterocycles. The summed E-state index contributed by atoms with van der Waals surface area (Å²) in [7, 11) is 0. The zero-order valence-corrected chi connectivity index (χ0v) is 10.8. The Labute approximate surface area is 111 Å². The van der Waals surface area contributed by atoms with Crippen LogP contribution in [0.3, 0.4) is 0 Å². The zero-order valence-electron chi connectivity index (χ0n) is 10.8. The zero-order chi connectivity index (χ0) is 13.2. The van der Waals surface area contributed by atoms with E-state index >= 15 is 0 Å². The van der Waals surface area contributed by atoms with Crippen LogP contribution >= 0.6 is 0 Å². The van der Waals surface area contributed by atoms with Crippen LogP contribution < -0.4 is 0 Å². The Bertz CT molecular complexity index is 609. The molecule has 0 aliphatic carbocycles. The second-order valence-corrected chi connectivity index (χ2v) is 4.93. The first-order chi connectivity index (χ1) is 9.24. The predicted molar refractivity (Wildman–Crippen MR) is 67.1 cm³/mol. The van der Waals surface area contributed by atoms with Crippen LogP contribution in [0.25, 0.3) is 0 Å². The molecule has 1 atom stereocenters. The normalized spacial score (nSPS) is 19.7. The summed E-state index contributed by atoms with van der Waals surface area (Å²) in [6.45, 7) is 4.63. The molecular weight excluding hydrogens is 242 g/mol. The molecule has 0 saturated carbocycles. The molecule has 6 nitrogen and oxygen atoms in total. The molecule has 1 unspecified atom stereocenters. The van der Waals surface area contributed by atoms with Crippen molar-refractivity contribution in [3.63, 3.8) is 0 Å². The maximum absolute atomic E-state index is 8.81. The van der Waals surface area contributed by atoms with Gasteiger partial charge in [-0.15, -0.1) is 0 Å². The number of rotatable bonds is 3. The van der Waals surface area contributed by atoms with Gasteiger partial charge in [0.25, 0.3) is 0 Å². The van der Waals surface area contributed by atoms with Gasteiger partial charge in [-0.05, 0) is 13.3 Å². The van der Waals surface area contributed by atoms with E-state index in [1.54, 1.807) is 6.20 Å². The van der Waals surface area contributed by atoms with E-state index < -0.39 is 0 Å². The van der Waals surface area contributed by atoms with Gasteiger partial charge in [0.15, 0.2) is 5.76 Å². The monoisotopic (exact) mass is 257 g/mol. The number of nitriles is 1. The van der Waals surface area contributed by atoms with Crippen LogP contribution in [0, 0.1) is 18.3 Å². The van der Waals surface area contributed by atoms with Crippen LogP contribution in [0.2, 0.25) is 0 Å². The highest BCUT2D eigenvalue weighted by molar-refractivity contribution is 5.22. The fraction of sp³-hybridized carbons (Fsp3) is 0.462. The molecule has 98 valence electrons. The lowest BCUT2D eigenvalue weighted by molar-refractivity contribution is 0.263. The molecule has 1 fully saturated rings. The van der Waals surface area contributed by atoms with Crippen molar-refractivity contribution in [1.82, 2.24) is 19.8 Å². The molecule has 0 radical (unpaired) electrons. The third-order valence-corrected chi connectivity index (χ3v) is 3.41. The molecule has 0 aromatic carbocycles. The number of hydrogen-bond donors (Lipinski definition) is 0. The number of hydrogen-bond acceptors (Lipinski definition) is 5. The number of likely N-dealkylation sites (tertiary alicyclic amines) is 1. The lowest BCUT2D eigenvalue weighted by Gasteiger charge is -2.14. The smallest absolute Gasteiger partial charge is 0.150 e. The van der Waals surface area contributed by atoms with Gasteiger partial charge in [-0.25, -0.2) is 0 Å². The van der Waals surface area contributed by atoms with Crippen LogP contribution in [0.1, 0.15) is 29.5 Å². The number of aromatic nitrogens is 3. The van der Waals surface area contributed by atoms with Gasteiger partial charge < -0.3 is 4.52 Å². The summed E-state index contributed by atoms with van der Waals surface area (Å²) in [5.41, 5.74) is 1.53. The van der Waals surface area contributed by atoms with Gasteiger partial charge in [-0.1, -0.05) is 5.16 Å². The Morgan fingerprint density at radius 1 is 1.58 bits per heavy atom. The molecule has 3 heterocycles.